The molecule has 1 atom stereocenters. The van der Waals surface area contributed by atoms with Crippen LogP contribution in [0.4, 0.5) is 0 Å². The fourth-order valence-electron chi connectivity index (χ4n) is 3.96. The van der Waals surface area contributed by atoms with Gasteiger partial charge in [-0.15, -0.1) is 0 Å². The summed E-state index contributed by atoms with van der Waals surface area (Å²) in [6.45, 7) is 4.91. The van der Waals surface area contributed by atoms with Crippen molar-refractivity contribution in [3.8, 4) is 0 Å². The zero-order valence-corrected chi connectivity index (χ0v) is 14.5. The van der Waals surface area contributed by atoms with Crippen LogP contribution in [0.1, 0.15) is 24.4 Å². The summed E-state index contributed by atoms with van der Waals surface area (Å²) in [7, 11) is 0. The Morgan fingerprint density at radius 2 is 1.96 bits per heavy atom. The van der Waals surface area contributed by atoms with E-state index in [1.165, 1.54) is 18.4 Å². The Morgan fingerprint density at radius 1 is 1.17 bits per heavy atom. The first-order valence-corrected chi connectivity index (χ1v) is 9.07. The van der Waals surface area contributed by atoms with Crippen LogP contribution in [-0.2, 0) is 9.47 Å². The van der Waals surface area contributed by atoms with Crippen LogP contribution in [0.15, 0.2) is 36.8 Å². The normalized spacial score (nSPS) is 26.6. The number of nitrogens with zero attached hydrogens (tertiary/aromatic N) is 2. The van der Waals surface area contributed by atoms with E-state index in [-0.39, 0.29) is 6.29 Å². The summed E-state index contributed by atoms with van der Waals surface area (Å²) in [6, 6.07) is 9.28. The molecule has 5 nitrogen and oxygen atoms in total. The molecule has 1 N–H and O–H groups in total. The molecular weight excluding hydrogens is 326 g/mol. The van der Waals surface area contributed by atoms with Crippen LogP contribution in [0.25, 0.3) is 0 Å². The Labute approximate surface area is 148 Å². The van der Waals surface area contributed by atoms with Crippen molar-refractivity contribution in [1.82, 2.24) is 15.1 Å². The average molecular weight is 350 g/mol. The molecule has 0 saturated carbocycles. The lowest BCUT2D eigenvalue weighted by Gasteiger charge is -2.35. The molecule has 0 bridgehead atoms. The summed E-state index contributed by atoms with van der Waals surface area (Å²) in [5.41, 5.74) is 1.30. The van der Waals surface area contributed by atoms with E-state index in [0.29, 0.717) is 12.1 Å². The quantitative estimate of drug-likeness (QED) is 0.904. The van der Waals surface area contributed by atoms with Crippen molar-refractivity contribution in [3.05, 3.63) is 47.4 Å². The highest BCUT2D eigenvalue weighted by atomic mass is 35.5. The van der Waals surface area contributed by atoms with Gasteiger partial charge >= 0.3 is 0 Å². The highest BCUT2D eigenvalue weighted by Crippen LogP contribution is 2.33. The fourth-order valence-corrected chi connectivity index (χ4v) is 4.16. The molecule has 1 aromatic carbocycles. The van der Waals surface area contributed by atoms with E-state index in [2.05, 4.69) is 27.2 Å². The molecular formula is C18H24ClN3O2. The van der Waals surface area contributed by atoms with Gasteiger partial charge in [0, 0.05) is 23.7 Å². The summed E-state index contributed by atoms with van der Waals surface area (Å²) in [4.78, 5) is 5.06. The van der Waals surface area contributed by atoms with Gasteiger partial charge in [-0.05, 0) is 43.6 Å². The van der Waals surface area contributed by atoms with Gasteiger partial charge in [0.1, 0.15) is 12.5 Å². The second-order valence-corrected chi connectivity index (χ2v) is 7.15. The molecule has 2 saturated heterocycles. The molecule has 3 heterocycles. The molecule has 2 fully saturated rings. The molecule has 24 heavy (non-hydrogen) atoms. The van der Waals surface area contributed by atoms with Crippen molar-refractivity contribution in [2.45, 2.75) is 31.2 Å². The van der Waals surface area contributed by atoms with Crippen LogP contribution in [0.5, 0.6) is 0 Å². The molecule has 3 aliphatic heterocycles. The topological polar surface area (TPSA) is 37.0 Å². The van der Waals surface area contributed by atoms with E-state index in [1.54, 1.807) is 12.5 Å². The van der Waals surface area contributed by atoms with Crippen molar-refractivity contribution >= 4 is 11.6 Å². The SMILES string of the molecule is Clc1cccc(C2CN(CC3OC=CO3)CN2C2CCNCC2)c1. The summed E-state index contributed by atoms with van der Waals surface area (Å²) >= 11 is 6.24. The average Bonchev–Trinajstić information content (AvgIpc) is 3.26. The Balaban J connectivity index is 1.51. The highest BCUT2D eigenvalue weighted by molar-refractivity contribution is 6.30. The van der Waals surface area contributed by atoms with Crippen LogP contribution in [0, 0.1) is 0 Å². The lowest BCUT2D eigenvalue weighted by Crippen LogP contribution is -2.44. The van der Waals surface area contributed by atoms with E-state index < -0.39 is 0 Å². The van der Waals surface area contributed by atoms with Gasteiger partial charge in [0.25, 0.3) is 6.29 Å². The van der Waals surface area contributed by atoms with Crippen molar-refractivity contribution in [3.63, 3.8) is 0 Å². The van der Waals surface area contributed by atoms with Crippen LogP contribution in [0.3, 0.4) is 0 Å². The largest absolute Gasteiger partial charge is 0.458 e. The van der Waals surface area contributed by atoms with Gasteiger partial charge in [-0.3, -0.25) is 9.80 Å². The van der Waals surface area contributed by atoms with Crippen molar-refractivity contribution in [2.75, 3.05) is 32.8 Å². The molecule has 0 aromatic heterocycles. The summed E-state index contributed by atoms with van der Waals surface area (Å²) in [5, 5.41) is 4.27. The first-order valence-electron chi connectivity index (χ1n) is 8.70. The third-order valence-electron chi connectivity index (χ3n) is 5.13. The lowest BCUT2D eigenvalue weighted by atomic mass is 10.0. The van der Waals surface area contributed by atoms with E-state index in [1.807, 2.05) is 12.1 Å². The van der Waals surface area contributed by atoms with Gasteiger partial charge in [-0.1, -0.05) is 23.7 Å². The van der Waals surface area contributed by atoms with E-state index in [4.69, 9.17) is 21.1 Å². The van der Waals surface area contributed by atoms with E-state index in [9.17, 15) is 0 Å². The molecule has 0 aliphatic carbocycles. The van der Waals surface area contributed by atoms with E-state index >= 15 is 0 Å². The van der Waals surface area contributed by atoms with Crippen molar-refractivity contribution < 1.29 is 9.47 Å². The molecule has 0 spiro atoms. The Hall–Kier alpha value is -1.27. The highest BCUT2D eigenvalue weighted by Gasteiger charge is 2.37. The Kier molecular flexibility index (Phi) is 4.94. The zero-order chi connectivity index (χ0) is 16.4. The third-order valence-corrected chi connectivity index (χ3v) is 5.36. The van der Waals surface area contributed by atoms with Crippen molar-refractivity contribution in [1.29, 1.82) is 0 Å². The van der Waals surface area contributed by atoms with Gasteiger partial charge in [-0.2, -0.15) is 0 Å². The maximum absolute atomic E-state index is 6.24. The van der Waals surface area contributed by atoms with Crippen LogP contribution in [0.2, 0.25) is 5.02 Å². The summed E-state index contributed by atoms with van der Waals surface area (Å²) in [6.07, 6.45) is 5.46. The number of rotatable bonds is 4. The minimum Gasteiger partial charge on any atom is -0.458 e. The second kappa shape index (κ2) is 7.31. The number of nitrogens with one attached hydrogen (secondary N) is 1. The second-order valence-electron chi connectivity index (χ2n) is 6.72. The molecule has 130 valence electrons. The van der Waals surface area contributed by atoms with Crippen LogP contribution >= 0.6 is 11.6 Å². The van der Waals surface area contributed by atoms with Gasteiger partial charge in [-0.25, -0.2) is 0 Å². The zero-order valence-electron chi connectivity index (χ0n) is 13.7. The molecule has 0 amide bonds. The monoisotopic (exact) mass is 349 g/mol. The maximum Gasteiger partial charge on any atom is 0.252 e. The Bertz CT molecular complexity index is 583. The molecule has 3 aliphatic rings. The number of ether oxygens (including phenoxy) is 2. The van der Waals surface area contributed by atoms with Crippen molar-refractivity contribution in [2.24, 2.45) is 0 Å². The molecule has 1 aromatic rings. The number of hydrogen-bond donors (Lipinski definition) is 1. The molecule has 4 rings (SSSR count). The first kappa shape index (κ1) is 16.2. The molecule has 1 unspecified atom stereocenters. The predicted molar refractivity (Wildman–Crippen MR) is 93.5 cm³/mol. The van der Waals surface area contributed by atoms with E-state index in [0.717, 1.165) is 37.9 Å². The van der Waals surface area contributed by atoms with Crippen LogP contribution in [-0.4, -0.2) is 55.0 Å². The predicted octanol–water partition coefficient (Wildman–Crippen LogP) is 2.55. The van der Waals surface area contributed by atoms with Gasteiger partial charge in [0.05, 0.1) is 13.2 Å². The fraction of sp³-hybridized carbons (Fsp3) is 0.556. The first-order chi connectivity index (χ1) is 11.8. The number of hydrogen-bond acceptors (Lipinski definition) is 5. The number of halogens is 1. The molecule has 6 heteroatoms. The molecule has 0 radical (unpaired) electrons. The van der Waals surface area contributed by atoms with Crippen LogP contribution < -0.4 is 5.32 Å². The van der Waals surface area contributed by atoms with Gasteiger partial charge in [0.2, 0.25) is 0 Å². The summed E-state index contributed by atoms with van der Waals surface area (Å²) < 4.78 is 10.9. The third kappa shape index (κ3) is 3.54. The smallest absolute Gasteiger partial charge is 0.252 e. The maximum atomic E-state index is 6.24. The Morgan fingerprint density at radius 3 is 2.71 bits per heavy atom. The number of benzene rings is 1. The lowest BCUT2D eigenvalue weighted by molar-refractivity contribution is -0.0446. The minimum atomic E-state index is -0.182. The van der Waals surface area contributed by atoms with Gasteiger partial charge in [0.15, 0.2) is 0 Å². The summed E-state index contributed by atoms with van der Waals surface area (Å²) in [5.74, 6) is 0. The standard InChI is InChI=1S/C18H24ClN3O2/c19-15-3-1-2-14(10-15)17-11-21(12-18-23-8-9-24-18)13-22(17)16-4-6-20-7-5-16/h1-3,8-10,16-18,20H,4-7,11-13H2. The van der Waals surface area contributed by atoms with Gasteiger partial charge < -0.3 is 14.8 Å². The minimum absolute atomic E-state index is 0.182. The number of piperidine rings is 1.